The predicted molar refractivity (Wildman–Crippen MR) is 87.4 cm³/mol. The van der Waals surface area contributed by atoms with Gasteiger partial charge in [-0.25, -0.2) is 10.2 Å². The first-order valence-electron chi connectivity index (χ1n) is 7.13. The van der Waals surface area contributed by atoms with Crippen molar-refractivity contribution in [3.8, 4) is 11.5 Å². The zero-order chi connectivity index (χ0) is 16.5. The van der Waals surface area contributed by atoms with E-state index in [0.29, 0.717) is 18.0 Å². The molecule has 2 aromatic carbocycles. The van der Waals surface area contributed by atoms with Crippen molar-refractivity contribution in [3.63, 3.8) is 0 Å². The lowest BCUT2D eigenvalue weighted by molar-refractivity contribution is -0.142. The summed E-state index contributed by atoms with van der Waals surface area (Å²) in [5.41, 5.74) is 8.23. The van der Waals surface area contributed by atoms with Crippen LogP contribution in [0.1, 0.15) is 5.56 Å². The number of rotatable bonds is 8. The molecule has 0 aliphatic carbocycles. The quantitative estimate of drug-likeness (QED) is 0.575. The van der Waals surface area contributed by atoms with Crippen LogP contribution in [0.3, 0.4) is 0 Å². The number of ether oxygens (including phenoxy) is 3. The highest BCUT2D eigenvalue weighted by Crippen LogP contribution is 2.28. The highest BCUT2D eigenvalue weighted by atomic mass is 16.6. The average Bonchev–Trinajstić information content (AvgIpc) is 2.61. The van der Waals surface area contributed by atoms with E-state index < -0.39 is 5.97 Å². The number of para-hydroxylation sites is 1. The molecule has 0 aromatic heterocycles. The fourth-order valence-corrected chi connectivity index (χ4v) is 1.91. The molecule has 0 heterocycles. The number of benzene rings is 2. The van der Waals surface area contributed by atoms with Gasteiger partial charge in [-0.1, -0.05) is 24.3 Å². The largest absolute Gasteiger partial charge is 0.493 e. The molecule has 6 heteroatoms. The van der Waals surface area contributed by atoms with Gasteiger partial charge in [0.25, 0.3) is 0 Å². The molecule has 0 saturated carbocycles. The lowest BCUT2D eigenvalue weighted by Crippen LogP contribution is -2.20. The van der Waals surface area contributed by atoms with Crippen LogP contribution in [0.15, 0.2) is 48.5 Å². The minimum atomic E-state index is -0.440. The first kappa shape index (κ1) is 16.6. The third kappa shape index (κ3) is 5.19. The number of methoxy groups -OCH3 is 2. The Hall–Kier alpha value is -2.73. The molecule has 122 valence electrons. The van der Waals surface area contributed by atoms with Crippen molar-refractivity contribution < 1.29 is 19.0 Å². The standard InChI is InChI=1S/C17H20N2O4/c1-21-16-10-13(8-9-15(16)23-12-17(20)22-2)11-18-19-14-6-4-3-5-7-14/h3-10,18-19H,11-12H2,1-2H3. The van der Waals surface area contributed by atoms with E-state index in [4.69, 9.17) is 9.47 Å². The van der Waals surface area contributed by atoms with Gasteiger partial charge in [-0.2, -0.15) is 0 Å². The summed E-state index contributed by atoms with van der Waals surface area (Å²) in [6.45, 7) is 0.447. The molecule has 2 rings (SSSR count). The van der Waals surface area contributed by atoms with Crippen molar-refractivity contribution in [2.75, 3.05) is 26.3 Å². The van der Waals surface area contributed by atoms with Crippen LogP contribution in [0.4, 0.5) is 5.69 Å². The molecule has 6 nitrogen and oxygen atoms in total. The Morgan fingerprint density at radius 2 is 1.83 bits per heavy atom. The van der Waals surface area contributed by atoms with E-state index in [2.05, 4.69) is 15.6 Å². The maximum Gasteiger partial charge on any atom is 0.343 e. The third-order valence-corrected chi connectivity index (χ3v) is 3.10. The van der Waals surface area contributed by atoms with E-state index in [1.165, 1.54) is 7.11 Å². The molecule has 0 unspecified atom stereocenters. The normalized spacial score (nSPS) is 10.0. The molecule has 0 atom stereocenters. The highest BCUT2D eigenvalue weighted by molar-refractivity contribution is 5.71. The monoisotopic (exact) mass is 316 g/mol. The molecule has 0 aliphatic rings. The van der Waals surface area contributed by atoms with Crippen molar-refractivity contribution in [3.05, 3.63) is 54.1 Å². The van der Waals surface area contributed by atoms with E-state index in [1.807, 2.05) is 42.5 Å². The van der Waals surface area contributed by atoms with Gasteiger partial charge in [0, 0.05) is 12.2 Å². The molecule has 0 amide bonds. The Morgan fingerprint density at radius 3 is 2.52 bits per heavy atom. The van der Waals surface area contributed by atoms with Gasteiger partial charge >= 0.3 is 5.97 Å². The van der Waals surface area contributed by atoms with E-state index in [9.17, 15) is 4.79 Å². The van der Waals surface area contributed by atoms with E-state index >= 15 is 0 Å². The van der Waals surface area contributed by atoms with Crippen molar-refractivity contribution in [1.29, 1.82) is 0 Å². The fourth-order valence-electron chi connectivity index (χ4n) is 1.91. The molecular formula is C17H20N2O4. The Morgan fingerprint density at radius 1 is 1.04 bits per heavy atom. The molecule has 2 aromatic rings. The van der Waals surface area contributed by atoms with Gasteiger partial charge < -0.3 is 19.6 Å². The number of carbonyl (C=O) groups is 1. The van der Waals surface area contributed by atoms with E-state index in [-0.39, 0.29) is 6.61 Å². The Bertz CT molecular complexity index is 632. The first-order valence-corrected chi connectivity index (χ1v) is 7.13. The van der Waals surface area contributed by atoms with Crippen molar-refractivity contribution in [2.24, 2.45) is 0 Å². The van der Waals surface area contributed by atoms with Crippen LogP contribution in [-0.2, 0) is 16.1 Å². The molecule has 0 aliphatic heterocycles. The maximum absolute atomic E-state index is 11.1. The molecule has 0 saturated heterocycles. The summed E-state index contributed by atoms with van der Waals surface area (Å²) in [5.74, 6) is 0.621. The molecule has 23 heavy (non-hydrogen) atoms. The smallest absolute Gasteiger partial charge is 0.343 e. The second-order valence-electron chi connectivity index (χ2n) is 4.69. The van der Waals surface area contributed by atoms with Crippen LogP contribution < -0.4 is 20.3 Å². The molecule has 0 radical (unpaired) electrons. The maximum atomic E-state index is 11.1. The van der Waals surface area contributed by atoms with Crippen molar-refractivity contribution >= 4 is 11.7 Å². The molecular weight excluding hydrogens is 296 g/mol. The average molecular weight is 316 g/mol. The minimum Gasteiger partial charge on any atom is -0.493 e. The van der Waals surface area contributed by atoms with Crippen LogP contribution in [0.5, 0.6) is 11.5 Å². The zero-order valence-electron chi connectivity index (χ0n) is 13.2. The summed E-state index contributed by atoms with van der Waals surface area (Å²) in [4.78, 5) is 11.1. The van der Waals surface area contributed by atoms with Gasteiger partial charge in [-0.15, -0.1) is 0 Å². The Kier molecular flexibility index (Phi) is 6.26. The zero-order valence-corrected chi connectivity index (χ0v) is 13.2. The van der Waals surface area contributed by atoms with E-state index in [0.717, 1.165) is 11.3 Å². The van der Waals surface area contributed by atoms with Crippen molar-refractivity contribution in [1.82, 2.24) is 5.43 Å². The topological polar surface area (TPSA) is 68.8 Å². The molecule has 0 fully saturated rings. The van der Waals surface area contributed by atoms with Gasteiger partial charge in [-0.05, 0) is 29.8 Å². The van der Waals surface area contributed by atoms with Crippen molar-refractivity contribution in [2.45, 2.75) is 6.54 Å². The number of nitrogens with one attached hydrogen (secondary N) is 2. The SMILES string of the molecule is COC(=O)COc1ccc(CNNc2ccccc2)cc1OC. The summed E-state index contributed by atoms with van der Waals surface area (Å²) < 4.78 is 15.2. The number of hydrogen-bond acceptors (Lipinski definition) is 6. The van der Waals surface area contributed by atoms with Crippen LogP contribution >= 0.6 is 0 Å². The van der Waals surface area contributed by atoms with Gasteiger partial charge in [0.15, 0.2) is 18.1 Å². The number of hydrazine groups is 1. The van der Waals surface area contributed by atoms with E-state index in [1.54, 1.807) is 13.2 Å². The van der Waals surface area contributed by atoms with Gasteiger partial charge in [0.1, 0.15) is 0 Å². The van der Waals surface area contributed by atoms with Gasteiger partial charge in [-0.3, -0.25) is 0 Å². The van der Waals surface area contributed by atoms with Crippen LogP contribution in [0.2, 0.25) is 0 Å². The summed E-state index contributed by atoms with van der Waals surface area (Å²) in [6, 6.07) is 15.3. The number of esters is 1. The van der Waals surface area contributed by atoms with Gasteiger partial charge in [0.05, 0.1) is 14.2 Å². The lowest BCUT2D eigenvalue weighted by Gasteiger charge is -2.12. The lowest BCUT2D eigenvalue weighted by atomic mass is 10.2. The van der Waals surface area contributed by atoms with Gasteiger partial charge in [0.2, 0.25) is 0 Å². The first-order chi connectivity index (χ1) is 11.2. The van der Waals surface area contributed by atoms with Crippen LogP contribution in [-0.4, -0.2) is 26.8 Å². The number of hydrogen-bond donors (Lipinski definition) is 2. The van der Waals surface area contributed by atoms with Crippen LogP contribution in [0, 0.1) is 0 Å². The summed E-state index contributed by atoms with van der Waals surface area (Å²) in [5, 5.41) is 0. The Balaban J connectivity index is 1.91. The minimum absolute atomic E-state index is 0.153. The van der Waals surface area contributed by atoms with Crippen LogP contribution in [0.25, 0.3) is 0 Å². The summed E-state index contributed by atoms with van der Waals surface area (Å²) in [6.07, 6.45) is 0. The Labute approximate surface area is 135 Å². The third-order valence-electron chi connectivity index (χ3n) is 3.10. The predicted octanol–water partition coefficient (Wildman–Crippen LogP) is 2.36. The molecule has 0 bridgehead atoms. The highest BCUT2D eigenvalue weighted by Gasteiger charge is 2.08. The number of carbonyl (C=O) groups excluding carboxylic acids is 1. The second-order valence-corrected chi connectivity index (χ2v) is 4.69. The number of anilines is 1. The molecule has 2 N–H and O–H groups in total. The molecule has 0 spiro atoms. The summed E-state index contributed by atoms with van der Waals surface area (Å²) in [7, 11) is 2.87. The second kappa shape index (κ2) is 8.65. The summed E-state index contributed by atoms with van der Waals surface area (Å²) >= 11 is 0. The fraction of sp³-hybridized carbons (Fsp3) is 0.235.